The summed E-state index contributed by atoms with van der Waals surface area (Å²) in [5.74, 6) is 0. The van der Waals surface area contributed by atoms with Gasteiger partial charge in [-0.2, -0.15) is 9.94 Å². The highest BCUT2D eigenvalue weighted by molar-refractivity contribution is 7.13. The molecule has 0 saturated heterocycles. The maximum absolute atomic E-state index is 8.87. The third-order valence-corrected chi connectivity index (χ3v) is 3.09. The van der Waals surface area contributed by atoms with Crippen LogP contribution in [0.1, 0.15) is 16.4 Å². The van der Waals surface area contributed by atoms with Crippen LogP contribution >= 0.6 is 46.1 Å². The average molecular weight is 310 g/mol. The van der Waals surface area contributed by atoms with E-state index in [4.69, 9.17) is 40.1 Å². The minimum absolute atomic E-state index is 0.0566. The Kier molecular flexibility index (Phi) is 3.23. The zero-order valence-corrected chi connectivity index (χ0v) is 11.3. The lowest BCUT2D eigenvalue weighted by Crippen LogP contribution is -2.11. The summed E-state index contributed by atoms with van der Waals surface area (Å²) >= 11 is 18.6. The van der Waals surface area contributed by atoms with Gasteiger partial charge in [0, 0.05) is 0 Å². The zero-order chi connectivity index (χ0) is 12.6. The molecule has 0 radical (unpaired) electrons. The van der Waals surface area contributed by atoms with Crippen molar-refractivity contribution in [2.45, 2.75) is 10.7 Å². The molecule has 6 nitrogen and oxygen atoms in total. The van der Waals surface area contributed by atoms with E-state index in [1.54, 1.807) is 6.92 Å². The minimum Gasteiger partial charge on any atom is -0.191 e. The Hall–Kier alpha value is -0.940. The molecule has 2 heterocycles. The molecule has 0 aliphatic rings. The first-order chi connectivity index (χ1) is 7.93. The molecule has 0 saturated carbocycles. The molecular weight excluding hydrogens is 307 g/mol. The maximum Gasteiger partial charge on any atom is 0.235 e. The van der Waals surface area contributed by atoms with E-state index < -0.39 is 3.79 Å². The van der Waals surface area contributed by atoms with E-state index in [0.29, 0.717) is 5.13 Å². The second-order valence-corrected chi connectivity index (χ2v) is 6.35. The van der Waals surface area contributed by atoms with Gasteiger partial charge in [-0.1, -0.05) is 51.4 Å². The van der Waals surface area contributed by atoms with Crippen LogP contribution in [0.3, 0.4) is 0 Å². The van der Waals surface area contributed by atoms with Gasteiger partial charge in [0.05, 0.1) is 0 Å². The SMILES string of the molecule is Cc1nnc(-n2nnc(C#N)c2C(Cl)(Cl)Cl)s1. The maximum atomic E-state index is 8.87. The minimum atomic E-state index is -1.81. The first kappa shape index (κ1) is 12.5. The van der Waals surface area contributed by atoms with Crippen molar-refractivity contribution in [2.24, 2.45) is 0 Å². The molecule has 0 amide bonds. The van der Waals surface area contributed by atoms with E-state index >= 15 is 0 Å². The van der Waals surface area contributed by atoms with Gasteiger partial charge in [0.15, 0.2) is 5.69 Å². The quantitative estimate of drug-likeness (QED) is 0.754. The lowest BCUT2D eigenvalue weighted by Gasteiger charge is -2.10. The smallest absolute Gasteiger partial charge is 0.191 e. The van der Waals surface area contributed by atoms with Gasteiger partial charge in [-0.3, -0.25) is 0 Å². The van der Waals surface area contributed by atoms with Crippen molar-refractivity contribution < 1.29 is 0 Å². The molecular formula is C7H3Cl3N6S. The van der Waals surface area contributed by atoms with Gasteiger partial charge in [0.25, 0.3) is 0 Å². The molecule has 2 aromatic heterocycles. The summed E-state index contributed by atoms with van der Waals surface area (Å²) in [5.41, 5.74) is -0.000923. The number of nitriles is 1. The highest BCUT2D eigenvalue weighted by atomic mass is 35.6. The van der Waals surface area contributed by atoms with Crippen molar-refractivity contribution in [3.8, 4) is 11.2 Å². The van der Waals surface area contributed by atoms with Gasteiger partial charge in [0.1, 0.15) is 16.8 Å². The van der Waals surface area contributed by atoms with Crippen LogP contribution in [-0.2, 0) is 3.79 Å². The van der Waals surface area contributed by atoms with E-state index in [9.17, 15) is 0 Å². The molecule has 0 spiro atoms. The van der Waals surface area contributed by atoms with Gasteiger partial charge in [0.2, 0.25) is 8.92 Å². The number of aryl methyl sites for hydroxylation is 1. The van der Waals surface area contributed by atoms with Crippen LogP contribution in [-0.4, -0.2) is 25.2 Å². The van der Waals surface area contributed by atoms with E-state index in [1.807, 2.05) is 6.07 Å². The largest absolute Gasteiger partial charge is 0.235 e. The van der Waals surface area contributed by atoms with Crippen LogP contribution in [0.4, 0.5) is 0 Å². The zero-order valence-electron chi connectivity index (χ0n) is 8.23. The van der Waals surface area contributed by atoms with Crippen LogP contribution in [0.5, 0.6) is 0 Å². The number of hydrogen-bond acceptors (Lipinski definition) is 6. The number of alkyl halides is 3. The fourth-order valence-electron chi connectivity index (χ4n) is 1.12. The lowest BCUT2D eigenvalue weighted by atomic mass is 10.3. The second kappa shape index (κ2) is 4.38. The van der Waals surface area contributed by atoms with E-state index in [-0.39, 0.29) is 11.4 Å². The Morgan fingerprint density at radius 3 is 2.47 bits per heavy atom. The summed E-state index contributed by atoms with van der Waals surface area (Å²) in [7, 11) is 0. The lowest BCUT2D eigenvalue weighted by molar-refractivity contribution is 0.754. The Morgan fingerprint density at radius 1 is 1.29 bits per heavy atom. The molecule has 10 heteroatoms. The van der Waals surface area contributed by atoms with Crippen LogP contribution in [0.2, 0.25) is 0 Å². The van der Waals surface area contributed by atoms with Gasteiger partial charge < -0.3 is 0 Å². The summed E-state index contributed by atoms with van der Waals surface area (Å²) in [6.07, 6.45) is 0. The molecule has 0 fully saturated rings. The van der Waals surface area contributed by atoms with Gasteiger partial charge in [-0.15, -0.1) is 15.3 Å². The highest BCUT2D eigenvalue weighted by Crippen LogP contribution is 2.40. The summed E-state index contributed by atoms with van der Waals surface area (Å²) in [4.78, 5) is 0. The van der Waals surface area contributed by atoms with Crippen molar-refractivity contribution >= 4 is 46.1 Å². The van der Waals surface area contributed by atoms with E-state index in [1.165, 1.54) is 16.0 Å². The molecule has 0 aliphatic heterocycles. The summed E-state index contributed by atoms with van der Waals surface area (Å²) in [5, 5.41) is 25.0. The second-order valence-electron chi connectivity index (χ2n) is 2.91. The Morgan fingerprint density at radius 2 is 2.00 bits per heavy atom. The summed E-state index contributed by atoms with van der Waals surface area (Å²) in [6.45, 7) is 1.78. The van der Waals surface area contributed by atoms with Gasteiger partial charge in [-0.05, 0) is 6.92 Å². The van der Waals surface area contributed by atoms with Crippen LogP contribution in [0, 0.1) is 18.3 Å². The average Bonchev–Trinajstić information content (AvgIpc) is 2.81. The van der Waals surface area contributed by atoms with Crippen molar-refractivity contribution in [2.75, 3.05) is 0 Å². The van der Waals surface area contributed by atoms with Crippen molar-refractivity contribution in [3.63, 3.8) is 0 Å². The molecule has 2 aromatic rings. The monoisotopic (exact) mass is 308 g/mol. The van der Waals surface area contributed by atoms with Crippen LogP contribution in [0.25, 0.3) is 5.13 Å². The Labute approximate surface area is 115 Å². The highest BCUT2D eigenvalue weighted by Gasteiger charge is 2.34. The summed E-state index contributed by atoms with van der Waals surface area (Å²) in [6, 6.07) is 1.81. The number of rotatable bonds is 1. The number of hydrogen-bond donors (Lipinski definition) is 0. The molecule has 0 N–H and O–H groups in total. The van der Waals surface area contributed by atoms with Crippen LogP contribution in [0.15, 0.2) is 0 Å². The van der Waals surface area contributed by atoms with Crippen molar-refractivity contribution in [1.82, 2.24) is 25.2 Å². The van der Waals surface area contributed by atoms with E-state index in [0.717, 1.165) is 5.01 Å². The third kappa shape index (κ3) is 2.35. The molecule has 88 valence electrons. The fourth-order valence-corrected chi connectivity index (χ4v) is 2.27. The number of nitrogens with zero attached hydrogens (tertiary/aromatic N) is 6. The topological polar surface area (TPSA) is 80.3 Å². The predicted octanol–water partition coefficient (Wildman–Crippen LogP) is 2.13. The molecule has 17 heavy (non-hydrogen) atoms. The Bertz CT molecular complexity index is 592. The van der Waals surface area contributed by atoms with Gasteiger partial charge in [-0.25, -0.2) is 0 Å². The molecule has 0 atom stereocenters. The normalized spacial score (nSPS) is 11.5. The molecule has 0 bridgehead atoms. The van der Waals surface area contributed by atoms with Crippen LogP contribution < -0.4 is 0 Å². The van der Waals surface area contributed by atoms with Gasteiger partial charge >= 0.3 is 0 Å². The first-order valence-electron chi connectivity index (χ1n) is 4.17. The third-order valence-electron chi connectivity index (χ3n) is 1.74. The molecule has 0 aliphatic carbocycles. The fraction of sp³-hybridized carbons (Fsp3) is 0.286. The molecule has 2 rings (SSSR count). The van der Waals surface area contributed by atoms with E-state index in [2.05, 4.69) is 20.5 Å². The standard InChI is InChI=1S/C7H3Cl3N6S/c1-3-12-14-6(17-3)16-5(7(8,9)10)4(2-11)13-15-16/h1H3. The van der Waals surface area contributed by atoms with Crippen molar-refractivity contribution in [3.05, 3.63) is 16.4 Å². The molecule has 0 unspecified atom stereocenters. The summed E-state index contributed by atoms with van der Waals surface area (Å²) < 4.78 is -0.607. The number of halogens is 3. The number of aromatic nitrogens is 5. The van der Waals surface area contributed by atoms with Crippen molar-refractivity contribution in [1.29, 1.82) is 5.26 Å². The predicted molar refractivity (Wildman–Crippen MR) is 63.5 cm³/mol. The first-order valence-corrected chi connectivity index (χ1v) is 6.12. The molecule has 0 aromatic carbocycles. The Balaban J connectivity index is 2.64.